The number of nitrogens with zero attached hydrogens (tertiary/aromatic N) is 1. The van der Waals surface area contributed by atoms with E-state index in [1.54, 1.807) is 0 Å². The highest BCUT2D eigenvalue weighted by Crippen LogP contribution is 2.43. The Balaban J connectivity index is 2.42. The number of aromatic amines is 1. The number of aryl methyl sites for hydroxylation is 1. The van der Waals surface area contributed by atoms with Gasteiger partial charge in [-0.05, 0) is 19.8 Å². The van der Waals surface area contributed by atoms with E-state index >= 15 is 0 Å². The van der Waals surface area contributed by atoms with Crippen molar-refractivity contribution in [2.24, 2.45) is 5.73 Å². The molecule has 1 fully saturated rings. The standard InChI is InChI=1S/C7H11N3/c1-5-6(4-9-10-5)7(8)2-3-7/h4H,2-3,8H2,1H3,(H,9,10). The number of aromatic nitrogens is 2. The molecule has 1 aliphatic rings. The zero-order chi connectivity index (χ0) is 7.19. The molecule has 0 unspecified atom stereocenters. The predicted octanol–water partition coefficient (Wildman–Crippen LogP) is 0.666. The van der Waals surface area contributed by atoms with E-state index in [4.69, 9.17) is 5.73 Å². The first-order valence-corrected chi connectivity index (χ1v) is 3.52. The Morgan fingerprint density at radius 1 is 1.70 bits per heavy atom. The molecule has 1 heterocycles. The van der Waals surface area contributed by atoms with E-state index < -0.39 is 0 Å². The zero-order valence-electron chi connectivity index (χ0n) is 6.02. The molecule has 0 atom stereocenters. The highest BCUT2D eigenvalue weighted by atomic mass is 15.1. The highest BCUT2D eigenvalue weighted by molar-refractivity contribution is 5.29. The molecular formula is C7H11N3. The van der Waals surface area contributed by atoms with Crippen LogP contribution in [0.1, 0.15) is 24.1 Å². The average molecular weight is 137 g/mol. The number of nitrogens with two attached hydrogens (primary N) is 1. The molecule has 1 aromatic rings. The summed E-state index contributed by atoms with van der Waals surface area (Å²) < 4.78 is 0. The molecular weight excluding hydrogens is 126 g/mol. The summed E-state index contributed by atoms with van der Waals surface area (Å²) in [5.74, 6) is 0. The smallest absolute Gasteiger partial charge is 0.0540 e. The molecule has 2 rings (SSSR count). The average Bonchev–Trinajstić information content (AvgIpc) is 2.44. The first-order chi connectivity index (χ1) is 4.72. The van der Waals surface area contributed by atoms with Gasteiger partial charge < -0.3 is 5.73 Å². The third-order valence-electron chi connectivity index (χ3n) is 2.15. The van der Waals surface area contributed by atoms with Crippen molar-refractivity contribution in [2.75, 3.05) is 0 Å². The van der Waals surface area contributed by atoms with Gasteiger partial charge >= 0.3 is 0 Å². The van der Waals surface area contributed by atoms with Gasteiger partial charge in [0, 0.05) is 16.8 Å². The van der Waals surface area contributed by atoms with Gasteiger partial charge in [0.05, 0.1) is 6.20 Å². The minimum Gasteiger partial charge on any atom is -0.321 e. The highest BCUT2D eigenvalue weighted by Gasteiger charge is 2.41. The Morgan fingerprint density at radius 2 is 2.40 bits per heavy atom. The molecule has 1 aromatic heterocycles. The first kappa shape index (κ1) is 5.92. The lowest BCUT2D eigenvalue weighted by Gasteiger charge is -2.04. The molecule has 54 valence electrons. The Labute approximate surface area is 59.6 Å². The molecule has 0 spiro atoms. The van der Waals surface area contributed by atoms with E-state index in [9.17, 15) is 0 Å². The monoisotopic (exact) mass is 137 g/mol. The maximum atomic E-state index is 5.95. The van der Waals surface area contributed by atoms with Crippen LogP contribution in [-0.4, -0.2) is 10.2 Å². The molecule has 3 N–H and O–H groups in total. The van der Waals surface area contributed by atoms with Gasteiger partial charge in [-0.3, -0.25) is 5.10 Å². The van der Waals surface area contributed by atoms with Crippen LogP contribution in [0.2, 0.25) is 0 Å². The molecule has 3 nitrogen and oxygen atoms in total. The second-order valence-electron chi connectivity index (χ2n) is 3.06. The van der Waals surface area contributed by atoms with Crippen LogP contribution in [-0.2, 0) is 5.54 Å². The molecule has 1 saturated carbocycles. The second-order valence-corrected chi connectivity index (χ2v) is 3.06. The molecule has 0 bridgehead atoms. The molecule has 0 radical (unpaired) electrons. The molecule has 0 amide bonds. The third kappa shape index (κ3) is 0.671. The third-order valence-corrected chi connectivity index (χ3v) is 2.15. The van der Waals surface area contributed by atoms with Crippen molar-refractivity contribution < 1.29 is 0 Å². The summed E-state index contributed by atoms with van der Waals surface area (Å²) in [6, 6.07) is 0. The maximum Gasteiger partial charge on any atom is 0.0540 e. The Kier molecular flexibility index (Phi) is 0.951. The first-order valence-electron chi connectivity index (χ1n) is 3.52. The number of rotatable bonds is 1. The maximum absolute atomic E-state index is 5.95. The lowest BCUT2D eigenvalue weighted by molar-refractivity contribution is 0.734. The number of nitrogens with one attached hydrogen (secondary N) is 1. The molecule has 0 aromatic carbocycles. The van der Waals surface area contributed by atoms with Crippen molar-refractivity contribution in [2.45, 2.75) is 25.3 Å². The van der Waals surface area contributed by atoms with Crippen LogP contribution >= 0.6 is 0 Å². The van der Waals surface area contributed by atoms with Crippen LogP contribution in [0.25, 0.3) is 0 Å². The number of hydrogen-bond donors (Lipinski definition) is 2. The van der Waals surface area contributed by atoms with Gasteiger partial charge in [-0.1, -0.05) is 0 Å². The Hall–Kier alpha value is -0.830. The summed E-state index contributed by atoms with van der Waals surface area (Å²) >= 11 is 0. The SMILES string of the molecule is Cc1[nH]ncc1C1(N)CC1. The fraction of sp³-hybridized carbons (Fsp3) is 0.571. The van der Waals surface area contributed by atoms with Gasteiger partial charge in [-0.15, -0.1) is 0 Å². The molecule has 10 heavy (non-hydrogen) atoms. The Bertz CT molecular complexity index is 247. The van der Waals surface area contributed by atoms with Crippen molar-refractivity contribution >= 4 is 0 Å². The molecule has 0 saturated heterocycles. The summed E-state index contributed by atoms with van der Waals surface area (Å²) in [5, 5.41) is 6.81. The van der Waals surface area contributed by atoms with Crippen molar-refractivity contribution in [3.63, 3.8) is 0 Å². The van der Waals surface area contributed by atoms with E-state index in [0.29, 0.717) is 0 Å². The van der Waals surface area contributed by atoms with Crippen molar-refractivity contribution in [3.05, 3.63) is 17.5 Å². The number of H-pyrrole nitrogens is 1. The van der Waals surface area contributed by atoms with Crippen LogP contribution in [0.4, 0.5) is 0 Å². The van der Waals surface area contributed by atoms with Gasteiger partial charge in [-0.25, -0.2) is 0 Å². The molecule has 1 aliphatic carbocycles. The molecule has 3 heteroatoms. The van der Waals surface area contributed by atoms with Gasteiger partial charge in [0.2, 0.25) is 0 Å². The fourth-order valence-electron chi connectivity index (χ4n) is 1.26. The fourth-order valence-corrected chi connectivity index (χ4v) is 1.26. The van der Waals surface area contributed by atoms with Crippen molar-refractivity contribution in [1.82, 2.24) is 10.2 Å². The summed E-state index contributed by atoms with van der Waals surface area (Å²) in [6.45, 7) is 2.01. The summed E-state index contributed by atoms with van der Waals surface area (Å²) in [6.07, 6.45) is 4.04. The minimum absolute atomic E-state index is 0.0307. The molecule has 0 aliphatic heterocycles. The predicted molar refractivity (Wildman–Crippen MR) is 38.4 cm³/mol. The van der Waals surface area contributed by atoms with Crippen molar-refractivity contribution in [3.8, 4) is 0 Å². The number of hydrogen-bond acceptors (Lipinski definition) is 2. The topological polar surface area (TPSA) is 54.7 Å². The zero-order valence-corrected chi connectivity index (χ0v) is 6.02. The van der Waals surface area contributed by atoms with E-state index in [1.165, 1.54) is 5.56 Å². The summed E-state index contributed by atoms with van der Waals surface area (Å²) in [5.41, 5.74) is 8.22. The van der Waals surface area contributed by atoms with Crippen LogP contribution < -0.4 is 5.73 Å². The van der Waals surface area contributed by atoms with Gasteiger partial charge in [-0.2, -0.15) is 5.10 Å². The van der Waals surface area contributed by atoms with E-state index in [-0.39, 0.29) is 5.54 Å². The lowest BCUT2D eigenvalue weighted by Crippen LogP contribution is -2.18. The second kappa shape index (κ2) is 1.61. The largest absolute Gasteiger partial charge is 0.321 e. The summed E-state index contributed by atoms with van der Waals surface area (Å²) in [4.78, 5) is 0. The summed E-state index contributed by atoms with van der Waals surface area (Å²) in [7, 11) is 0. The van der Waals surface area contributed by atoms with Gasteiger partial charge in [0.25, 0.3) is 0 Å². The normalized spacial score (nSPS) is 21.0. The van der Waals surface area contributed by atoms with E-state index in [1.807, 2.05) is 13.1 Å². The van der Waals surface area contributed by atoms with Crippen LogP contribution in [0.3, 0.4) is 0 Å². The van der Waals surface area contributed by atoms with Crippen molar-refractivity contribution in [1.29, 1.82) is 0 Å². The minimum atomic E-state index is -0.0307. The quantitative estimate of drug-likeness (QED) is 0.597. The van der Waals surface area contributed by atoms with E-state index in [2.05, 4.69) is 10.2 Å². The van der Waals surface area contributed by atoms with Crippen LogP contribution in [0.5, 0.6) is 0 Å². The van der Waals surface area contributed by atoms with Crippen LogP contribution in [0, 0.1) is 6.92 Å². The van der Waals surface area contributed by atoms with Gasteiger partial charge in [0.1, 0.15) is 0 Å². The lowest BCUT2D eigenvalue weighted by atomic mass is 10.1. The Morgan fingerprint density at radius 3 is 2.80 bits per heavy atom. The van der Waals surface area contributed by atoms with Crippen LogP contribution in [0.15, 0.2) is 6.20 Å². The van der Waals surface area contributed by atoms with Gasteiger partial charge in [0.15, 0.2) is 0 Å². The van der Waals surface area contributed by atoms with E-state index in [0.717, 1.165) is 18.5 Å².